The van der Waals surface area contributed by atoms with Crippen LogP contribution in [0.25, 0.3) is 0 Å². The van der Waals surface area contributed by atoms with Crippen LogP contribution in [0.4, 0.5) is 0 Å². The number of amides is 1. The van der Waals surface area contributed by atoms with E-state index in [4.69, 9.17) is 0 Å². The van der Waals surface area contributed by atoms with Crippen LogP contribution in [0.2, 0.25) is 0 Å². The standard InChI is InChI=1S/C11H15N3O2/c1-8(15)9-2-3-14(6-9)11(16)10-4-12-7-13-5-10/h4-5,7-9,15H,2-3,6H2,1H3. The summed E-state index contributed by atoms with van der Waals surface area (Å²) in [6.45, 7) is 3.08. The first kappa shape index (κ1) is 11.0. The second-order valence-corrected chi connectivity index (χ2v) is 4.17. The normalized spacial score (nSPS) is 22.1. The van der Waals surface area contributed by atoms with Crippen LogP contribution < -0.4 is 0 Å². The van der Waals surface area contributed by atoms with Crippen molar-refractivity contribution in [2.75, 3.05) is 13.1 Å². The van der Waals surface area contributed by atoms with E-state index >= 15 is 0 Å². The molecule has 0 aromatic carbocycles. The first-order chi connectivity index (χ1) is 7.68. The molecular formula is C11H15N3O2. The van der Waals surface area contributed by atoms with Gasteiger partial charge in [0.05, 0.1) is 11.7 Å². The highest BCUT2D eigenvalue weighted by Gasteiger charge is 2.29. The van der Waals surface area contributed by atoms with Crippen molar-refractivity contribution in [1.82, 2.24) is 14.9 Å². The summed E-state index contributed by atoms with van der Waals surface area (Å²) in [7, 11) is 0. The van der Waals surface area contributed by atoms with E-state index in [1.54, 1.807) is 11.8 Å². The van der Waals surface area contributed by atoms with Gasteiger partial charge in [0.2, 0.25) is 0 Å². The average molecular weight is 221 g/mol. The summed E-state index contributed by atoms with van der Waals surface area (Å²) in [5.41, 5.74) is 0.508. The molecule has 5 nitrogen and oxygen atoms in total. The molecule has 0 saturated carbocycles. The van der Waals surface area contributed by atoms with E-state index < -0.39 is 0 Å². The van der Waals surface area contributed by atoms with E-state index in [9.17, 15) is 9.90 Å². The van der Waals surface area contributed by atoms with Crippen LogP contribution >= 0.6 is 0 Å². The monoisotopic (exact) mass is 221 g/mol. The van der Waals surface area contributed by atoms with Gasteiger partial charge in [-0.3, -0.25) is 4.79 Å². The predicted octanol–water partition coefficient (Wildman–Crippen LogP) is 0.320. The number of aromatic nitrogens is 2. The maximum Gasteiger partial charge on any atom is 0.257 e. The summed E-state index contributed by atoms with van der Waals surface area (Å²) < 4.78 is 0. The van der Waals surface area contributed by atoms with Gasteiger partial charge in [-0.05, 0) is 13.3 Å². The Bertz CT molecular complexity index is 367. The fourth-order valence-electron chi connectivity index (χ4n) is 1.96. The fourth-order valence-corrected chi connectivity index (χ4v) is 1.96. The number of carbonyl (C=O) groups is 1. The van der Waals surface area contributed by atoms with Gasteiger partial charge in [-0.25, -0.2) is 9.97 Å². The molecule has 0 spiro atoms. The Morgan fingerprint density at radius 2 is 2.25 bits per heavy atom. The minimum absolute atomic E-state index is 0.0521. The molecule has 1 fully saturated rings. The third-order valence-electron chi connectivity index (χ3n) is 3.00. The van der Waals surface area contributed by atoms with E-state index in [0.717, 1.165) is 6.42 Å². The Labute approximate surface area is 94.1 Å². The number of likely N-dealkylation sites (tertiary alicyclic amines) is 1. The van der Waals surface area contributed by atoms with Gasteiger partial charge in [-0.15, -0.1) is 0 Å². The van der Waals surface area contributed by atoms with Crippen molar-refractivity contribution >= 4 is 5.91 Å². The molecule has 0 radical (unpaired) electrons. The number of hydrogen-bond acceptors (Lipinski definition) is 4. The van der Waals surface area contributed by atoms with Gasteiger partial charge in [-0.2, -0.15) is 0 Å². The lowest BCUT2D eigenvalue weighted by molar-refractivity contribution is 0.0761. The van der Waals surface area contributed by atoms with Crippen molar-refractivity contribution in [2.24, 2.45) is 5.92 Å². The molecule has 2 atom stereocenters. The number of rotatable bonds is 2. The maximum absolute atomic E-state index is 12.0. The minimum atomic E-state index is -0.357. The molecule has 1 aromatic heterocycles. The molecule has 2 unspecified atom stereocenters. The molecule has 2 heterocycles. The number of hydrogen-bond donors (Lipinski definition) is 1. The molecular weight excluding hydrogens is 206 g/mol. The average Bonchev–Trinajstić information content (AvgIpc) is 2.78. The number of carbonyl (C=O) groups excluding carboxylic acids is 1. The fraction of sp³-hybridized carbons (Fsp3) is 0.545. The van der Waals surface area contributed by atoms with E-state index in [0.29, 0.717) is 18.7 Å². The molecule has 16 heavy (non-hydrogen) atoms. The molecule has 5 heteroatoms. The molecule has 2 rings (SSSR count). The molecule has 1 aromatic rings. The second kappa shape index (κ2) is 4.57. The van der Waals surface area contributed by atoms with Gasteiger partial charge >= 0.3 is 0 Å². The Kier molecular flexibility index (Phi) is 3.14. The lowest BCUT2D eigenvalue weighted by Gasteiger charge is -2.17. The first-order valence-corrected chi connectivity index (χ1v) is 5.41. The van der Waals surface area contributed by atoms with Gasteiger partial charge in [0.1, 0.15) is 6.33 Å². The quantitative estimate of drug-likeness (QED) is 0.781. The van der Waals surface area contributed by atoms with Crippen LogP contribution in [0.15, 0.2) is 18.7 Å². The van der Waals surface area contributed by atoms with Crippen LogP contribution in [-0.4, -0.2) is 45.1 Å². The molecule has 1 saturated heterocycles. The minimum Gasteiger partial charge on any atom is -0.393 e. The van der Waals surface area contributed by atoms with Crippen LogP contribution in [0.1, 0.15) is 23.7 Å². The second-order valence-electron chi connectivity index (χ2n) is 4.17. The third-order valence-corrected chi connectivity index (χ3v) is 3.00. The van der Waals surface area contributed by atoms with E-state index in [1.807, 2.05) is 0 Å². The van der Waals surface area contributed by atoms with Crippen LogP contribution in [0.5, 0.6) is 0 Å². The zero-order valence-electron chi connectivity index (χ0n) is 9.21. The van der Waals surface area contributed by atoms with Crippen molar-refractivity contribution in [3.05, 3.63) is 24.3 Å². The Hall–Kier alpha value is -1.49. The number of nitrogens with zero attached hydrogens (tertiary/aromatic N) is 3. The molecule has 1 aliphatic heterocycles. The highest BCUT2D eigenvalue weighted by molar-refractivity contribution is 5.93. The maximum atomic E-state index is 12.0. The van der Waals surface area contributed by atoms with Crippen molar-refractivity contribution in [3.8, 4) is 0 Å². The molecule has 1 aliphatic rings. The van der Waals surface area contributed by atoms with Crippen molar-refractivity contribution < 1.29 is 9.90 Å². The summed E-state index contributed by atoms with van der Waals surface area (Å²) in [5, 5.41) is 9.46. The lowest BCUT2D eigenvalue weighted by Crippen LogP contribution is -2.30. The Balaban J connectivity index is 2.03. The smallest absolute Gasteiger partial charge is 0.257 e. The summed E-state index contributed by atoms with van der Waals surface area (Å²) in [4.78, 5) is 21.4. The van der Waals surface area contributed by atoms with Crippen LogP contribution in [0, 0.1) is 5.92 Å². The highest BCUT2D eigenvalue weighted by Crippen LogP contribution is 2.20. The largest absolute Gasteiger partial charge is 0.393 e. The van der Waals surface area contributed by atoms with E-state index in [-0.39, 0.29) is 17.9 Å². The molecule has 1 amide bonds. The SMILES string of the molecule is CC(O)C1CCN(C(=O)c2cncnc2)C1. The van der Waals surface area contributed by atoms with Crippen molar-refractivity contribution in [3.63, 3.8) is 0 Å². The number of aliphatic hydroxyl groups excluding tert-OH is 1. The predicted molar refractivity (Wildman–Crippen MR) is 57.7 cm³/mol. The van der Waals surface area contributed by atoms with E-state index in [2.05, 4.69) is 9.97 Å². The molecule has 0 aliphatic carbocycles. The Morgan fingerprint density at radius 1 is 1.56 bits per heavy atom. The summed E-state index contributed by atoms with van der Waals surface area (Å²) in [5.74, 6) is 0.136. The highest BCUT2D eigenvalue weighted by atomic mass is 16.3. The van der Waals surface area contributed by atoms with Gasteiger partial charge in [0.25, 0.3) is 5.91 Å². The van der Waals surface area contributed by atoms with Gasteiger partial charge in [0.15, 0.2) is 0 Å². The lowest BCUT2D eigenvalue weighted by atomic mass is 10.0. The molecule has 86 valence electrons. The molecule has 1 N–H and O–H groups in total. The number of aliphatic hydroxyl groups is 1. The first-order valence-electron chi connectivity index (χ1n) is 5.41. The summed E-state index contributed by atoms with van der Waals surface area (Å²) in [6, 6.07) is 0. The van der Waals surface area contributed by atoms with Gasteiger partial charge < -0.3 is 10.0 Å². The van der Waals surface area contributed by atoms with Crippen LogP contribution in [0.3, 0.4) is 0 Å². The molecule has 0 bridgehead atoms. The van der Waals surface area contributed by atoms with Crippen molar-refractivity contribution in [2.45, 2.75) is 19.4 Å². The zero-order chi connectivity index (χ0) is 11.5. The Morgan fingerprint density at radius 3 is 2.81 bits per heavy atom. The van der Waals surface area contributed by atoms with Crippen LogP contribution in [-0.2, 0) is 0 Å². The van der Waals surface area contributed by atoms with Crippen molar-refractivity contribution in [1.29, 1.82) is 0 Å². The summed E-state index contributed by atoms with van der Waals surface area (Å²) >= 11 is 0. The van der Waals surface area contributed by atoms with Gasteiger partial charge in [0, 0.05) is 31.4 Å². The van der Waals surface area contributed by atoms with E-state index in [1.165, 1.54) is 18.7 Å². The van der Waals surface area contributed by atoms with Gasteiger partial charge in [-0.1, -0.05) is 0 Å². The zero-order valence-corrected chi connectivity index (χ0v) is 9.21. The summed E-state index contributed by atoms with van der Waals surface area (Å²) in [6.07, 6.45) is 4.94. The third kappa shape index (κ3) is 2.19. The topological polar surface area (TPSA) is 66.3 Å².